The number of thiazole rings is 1. The van der Waals surface area contributed by atoms with Gasteiger partial charge in [0.05, 0.1) is 11.7 Å². The maximum atomic E-state index is 13.3. The second kappa shape index (κ2) is 7.27. The molecule has 1 saturated heterocycles. The Labute approximate surface area is 155 Å². The predicted octanol–water partition coefficient (Wildman–Crippen LogP) is 2.09. The molecule has 132 valence electrons. The average molecular weight is 366 g/mol. The normalized spacial score (nSPS) is 17.3. The van der Waals surface area contributed by atoms with Crippen LogP contribution in [0.15, 0.2) is 43.0 Å². The molecule has 1 aliphatic heterocycles. The molecule has 1 fully saturated rings. The molecule has 0 bridgehead atoms. The van der Waals surface area contributed by atoms with Crippen LogP contribution in [0.5, 0.6) is 0 Å². The molecular formula is C18H18N6OS. The largest absolute Gasteiger partial charge is 0.328 e. The van der Waals surface area contributed by atoms with Gasteiger partial charge in [0.25, 0.3) is 5.91 Å². The van der Waals surface area contributed by atoms with E-state index < -0.39 is 0 Å². The SMILES string of the molecule is Cc1nc(-c2ncccn2)sc1C(=O)N1CCNCC1c1cccnc1. The fraction of sp³-hybridized carbons (Fsp3) is 0.278. The quantitative estimate of drug-likeness (QED) is 0.764. The second-order valence-electron chi connectivity index (χ2n) is 6.01. The molecule has 1 amide bonds. The van der Waals surface area contributed by atoms with E-state index in [1.807, 2.05) is 30.2 Å². The molecule has 4 rings (SSSR count). The van der Waals surface area contributed by atoms with E-state index in [-0.39, 0.29) is 11.9 Å². The highest BCUT2D eigenvalue weighted by atomic mass is 32.1. The molecule has 3 aromatic heterocycles. The molecule has 1 unspecified atom stereocenters. The van der Waals surface area contributed by atoms with Crippen molar-refractivity contribution in [3.63, 3.8) is 0 Å². The first-order valence-corrected chi connectivity index (χ1v) is 9.22. The van der Waals surface area contributed by atoms with E-state index in [0.717, 1.165) is 12.1 Å². The minimum atomic E-state index is -0.0390. The molecule has 0 aliphatic carbocycles. The van der Waals surface area contributed by atoms with Gasteiger partial charge in [-0.3, -0.25) is 9.78 Å². The van der Waals surface area contributed by atoms with Crippen LogP contribution in [0.25, 0.3) is 10.8 Å². The fourth-order valence-corrected chi connectivity index (χ4v) is 4.02. The predicted molar refractivity (Wildman–Crippen MR) is 98.8 cm³/mol. The second-order valence-corrected chi connectivity index (χ2v) is 7.01. The third-order valence-corrected chi connectivity index (χ3v) is 5.46. The third kappa shape index (κ3) is 3.21. The number of aromatic nitrogens is 4. The molecule has 0 aromatic carbocycles. The number of pyridine rings is 1. The number of hydrogen-bond acceptors (Lipinski definition) is 7. The molecule has 4 heterocycles. The van der Waals surface area contributed by atoms with Crippen LogP contribution in [0, 0.1) is 6.92 Å². The van der Waals surface area contributed by atoms with Crippen LogP contribution in [0.1, 0.15) is 27.0 Å². The van der Waals surface area contributed by atoms with Crippen LogP contribution in [0.2, 0.25) is 0 Å². The van der Waals surface area contributed by atoms with Crippen molar-refractivity contribution in [2.24, 2.45) is 0 Å². The highest BCUT2D eigenvalue weighted by molar-refractivity contribution is 7.17. The molecule has 0 saturated carbocycles. The molecule has 7 nitrogen and oxygen atoms in total. The van der Waals surface area contributed by atoms with Crippen molar-refractivity contribution in [2.75, 3.05) is 19.6 Å². The Bertz CT molecular complexity index is 899. The summed E-state index contributed by atoms with van der Waals surface area (Å²) < 4.78 is 0. The zero-order valence-electron chi connectivity index (χ0n) is 14.3. The van der Waals surface area contributed by atoms with Crippen molar-refractivity contribution in [1.82, 2.24) is 30.2 Å². The monoisotopic (exact) mass is 366 g/mol. The molecule has 1 aliphatic rings. The molecule has 1 atom stereocenters. The first-order valence-electron chi connectivity index (χ1n) is 8.40. The first kappa shape index (κ1) is 16.7. The molecule has 0 spiro atoms. The van der Waals surface area contributed by atoms with E-state index in [1.165, 1.54) is 11.3 Å². The Morgan fingerprint density at radius 2 is 2.12 bits per heavy atom. The maximum Gasteiger partial charge on any atom is 0.266 e. The van der Waals surface area contributed by atoms with Crippen LogP contribution in [-0.2, 0) is 0 Å². The lowest BCUT2D eigenvalue weighted by atomic mass is 10.0. The number of hydrogen-bond donors (Lipinski definition) is 1. The van der Waals surface area contributed by atoms with Crippen molar-refractivity contribution in [1.29, 1.82) is 0 Å². The molecule has 8 heteroatoms. The van der Waals surface area contributed by atoms with Gasteiger partial charge in [-0.25, -0.2) is 15.0 Å². The van der Waals surface area contributed by atoms with E-state index in [9.17, 15) is 4.79 Å². The van der Waals surface area contributed by atoms with Crippen molar-refractivity contribution < 1.29 is 4.79 Å². The maximum absolute atomic E-state index is 13.3. The van der Waals surface area contributed by atoms with E-state index in [2.05, 4.69) is 25.3 Å². The summed E-state index contributed by atoms with van der Waals surface area (Å²) in [4.78, 5) is 33.0. The summed E-state index contributed by atoms with van der Waals surface area (Å²) in [6, 6.07) is 5.63. The summed E-state index contributed by atoms with van der Waals surface area (Å²) in [5.74, 6) is 0.543. The number of carbonyl (C=O) groups is 1. The topological polar surface area (TPSA) is 83.9 Å². The molecule has 1 N–H and O–H groups in total. The van der Waals surface area contributed by atoms with E-state index in [4.69, 9.17) is 0 Å². The van der Waals surface area contributed by atoms with Crippen molar-refractivity contribution in [2.45, 2.75) is 13.0 Å². The third-order valence-electron chi connectivity index (χ3n) is 4.32. The molecule has 26 heavy (non-hydrogen) atoms. The summed E-state index contributed by atoms with van der Waals surface area (Å²) in [6.45, 7) is 3.99. The van der Waals surface area contributed by atoms with Gasteiger partial charge in [-0.1, -0.05) is 6.07 Å². The Morgan fingerprint density at radius 3 is 2.88 bits per heavy atom. The lowest BCUT2D eigenvalue weighted by Crippen LogP contribution is -2.48. The van der Waals surface area contributed by atoms with E-state index in [1.54, 1.807) is 24.7 Å². The van der Waals surface area contributed by atoms with Gasteiger partial charge in [0, 0.05) is 44.4 Å². The average Bonchev–Trinajstić information content (AvgIpc) is 3.10. The Hall–Kier alpha value is -2.71. The van der Waals surface area contributed by atoms with Crippen LogP contribution >= 0.6 is 11.3 Å². The number of carbonyl (C=O) groups excluding carboxylic acids is 1. The number of nitrogens with one attached hydrogen (secondary N) is 1. The number of piperazine rings is 1. The molecule has 3 aromatic rings. The Kier molecular flexibility index (Phi) is 4.68. The van der Waals surface area contributed by atoms with E-state index in [0.29, 0.717) is 34.5 Å². The minimum absolute atomic E-state index is 0.00228. The van der Waals surface area contributed by atoms with Gasteiger partial charge in [0.2, 0.25) is 0 Å². The number of amides is 1. The summed E-state index contributed by atoms with van der Waals surface area (Å²) >= 11 is 1.35. The standard InChI is InChI=1S/C18H18N6OS/c1-12-15(26-17(23-12)16-21-6-3-7-22-16)18(25)24-9-8-20-11-14(24)13-4-2-5-19-10-13/h2-7,10,14,20H,8-9,11H2,1H3. The van der Waals surface area contributed by atoms with Gasteiger partial charge >= 0.3 is 0 Å². The number of nitrogens with zero attached hydrogens (tertiary/aromatic N) is 5. The summed E-state index contributed by atoms with van der Waals surface area (Å²) in [7, 11) is 0. The zero-order chi connectivity index (χ0) is 17.9. The highest BCUT2D eigenvalue weighted by Crippen LogP contribution is 2.30. The van der Waals surface area contributed by atoms with Crippen LogP contribution in [0.3, 0.4) is 0 Å². The summed E-state index contributed by atoms with van der Waals surface area (Å²) in [5, 5.41) is 4.03. The number of aryl methyl sites for hydroxylation is 1. The van der Waals surface area contributed by atoms with Gasteiger partial charge < -0.3 is 10.2 Å². The summed E-state index contributed by atoms with van der Waals surface area (Å²) in [5.41, 5.74) is 1.74. The first-order chi connectivity index (χ1) is 12.7. The van der Waals surface area contributed by atoms with Gasteiger partial charge in [-0.05, 0) is 24.6 Å². The summed E-state index contributed by atoms with van der Waals surface area (Å²) in [6.07, 6.45) is 6.91. The smallest absolute Gasteiger partial charge is 0.266 e. The van der Waals surface area contributed by atoms with Gasteiger partial charge in [0.15, 0.2) is 10.8 Å². The Morgan fingerprint density at radius 1 is 1.27 bits per heavy atom. The lowest BCUT2D eigenvalue weighted by molar-refractivity contribution is 0.0638. The van der Waals surface area contributed by atoms with Gasteiger partial charge in [-0.2, -0.15) is 0 Å². The van der Waals surface area contributed by atoms with Crippen LogP contribution < -0.4 is 5.32 Å². The minimum Gasteiger partial charge on any atom is -0.328 e. The van der Waals surface area contributed by atoms with Gasteiger partial charge in [0.1, 0.15) is 4.88 Å². The fourth-order valence-electron chi connectivity index (χ4n) is 3.05. The van der Waals surface area contributed by atoms with Crippen molar-refractivity contribution >= 4 is 17.2 Å². The highest BCUT2D eigenvalue weighted by Gasteiger charge is 2.31. The molecule has 0 radical (unpaired) electrons. The zero-order valence-corrected chi connectivity index (χ0v) is 15.1. The Balaban J connectivity index is 1.65. The van der Waals surface area contributed by atoms with Gasteiger partial charge in [-0.15, -0.1) is 11.3 Å². The van der Waals surface area contributed by atoms with Crippen molar-refractivity contribution in [3.05, 3.63) is 59.1 Å². The van der Waals surface area contributed by atoms with Crippen LogP contribution in [0.4, 0.5) is 0 Å². The van der Waals surface area contributed by atoms with Crippen LogP contribution in [-0.4, -0.2) is 50.4 Å². The molecular weight excluding hydrogens is 348 g/mol. The lowest BCUT2D eigenvalue weighted by Gasteiger charge is -2.36. The van der Waals surface area contributed by atoms with E-state index >= 15 is 0 Å². The number of rotatable bonds is 3. The van der Waals surface area contributed by atoms with Crippen molar-refractivity contribution in [3.8, 4) is 10.8 Å².